The van der Waals surface area contributed by atoms with E-state index in [0.717, 1.165) is 17.4 Å². The first-order valence-electron chi connectivity index (χ1n) is 7.19. The lowest BCUT2D eigenvalue weighted by Crippen LogP contribution is -2.52. The Morgan fingerprint density at radius 1 is 1.29 bits per heavy atom. The van der Waals surface area contributed by atoms with Crippen LogP contribution in [0.1, 0.15) is 24.8 Å². The average molecular weight is 354 g/mol. The highest BCUT2D eigenvalue weighted by Crippen LogP contribution is 2.28. The maximum atomic E-state index is 12.3. The fourth-order valence-electron chi connectivity index (χ4n) is 2.84. The van der Waals surface area contributed by atoms with E-state index in [4.69, 9.17) is 0 Å². The number of hydrogen-bond acceptors (Lipinski definition) is 5. The molecule has 4 atom stereocenters. The predicted molar refractivity (Wildman–Crippen MR) is 84.1 cm³/mol. The molecule has 2 saturated heterocycles. The molecule has 3 rings (SSSR count). The molecule has 0 radical (unpaired) electrons. The van der Waals surface area contributed by atoms with Gasteiger partial charge < -0.3 is 5.32 Å². The molecule has 2 aliphatic rings. The normalized spacial score (nSPS) is 32.3. The lowest BCUT2D eigenvalue weighted by molar-refractivity contribution is -0.123. The molecule has 0 aromatic heterocycles. The average Bonchev–Trinajstić information content (AvgIpc) is 3.08. The van der Waals surface area contributed by atoms with E-state index >= 15 is 0 Å². The van der Waals surface area contributed by atoms with Crippen LogP contribution in [0.3, 0.4) is 0 Å². The summed E-state index contributed by atoms with van der Waals surface area (Å²) in [6.07, 6.45) is 0.681. The molecule has 1 aromatic rings. The standard InChI is InChI=1S/C14H20BrN5O/c1-8-6-12(19-18-8)14(21)17-13-10(7-16-20-13)9-4-2-3-5-11(9)15/h2-5,8,10,12-13,16,18-20H,6-7H2,1H3,(H,17,21). The maximum Gasteiger partial charge on any atom is 0.239 e. The number of rotatable bonds is 3. The molecular weight excluding hydrogens is 334 g/mol. The van der Waals surface area contributed by atoms with Gasteiger partial charge in [0.15, 0.2) is 0 Å². The quantitative estimate of drug-likeness (QED) is 0.541. The van der Waals surface area contributed by atoms with Gasteiger partial charge in [-0.15, -0.1) is 0 Å². The van der Waals surface area contributed by atoms with E-state index in [2.05, 4.69) is 55.9 Å². The minimum atomic E-state index is -0.178. The largest absolute Gasteiger partial charge is 0.338 e. The summed E-state index contributed by atoms with van der Waals surface area (Å²) < 4.78 is 1.06. The molecule has 2 fully saturated rings. The van der Waals surface area contributed by atoms with Crippen LogP contribution in [0.4, 0.5) is 0 Å². The third-order valence-corrected chi connectivity index (χ3v) is 4.72. The highest BCUT2D eigenvalue weighted by molar-refractivity contribution is 9.10. The van der Waals surface area contributed by atoms with Crippen molar-refractivity contribution < 1.29 is 4.79 Å². The summed E-state index contributed by atoms with van der Waals surface area (Å²) in [6, 6.07) is 8.25. The first kappa shape index (κ1) is 14.9. The number of hydrazine groups is 2. The second-order valence-electron chi connectivity index (χ2n) is 5.62. The van der Waals surface area contributed by atoms with Gasteiger partial charge in [-0.3, -0.25) is 15.6 Å². The van der Waals surface area contributed by atoms with Gasteiger partial charge in [0.2, 0.25) is 5.91 Å². The highest BCUT2D eigenvalue weighted by Gasteiger charge is 2.34. The van der Waals surface area contributed by atoms with E-state index in [1.807, 2.05) is 18.2 Å². The molecular formula is C14H20BrN5O. The summed E-state index contributed by atoms with van der Waals surface area (Å²) in [5.41, 5.74) is 13.6. The Labute approximate surface area is 132 Å². The first-order chi connectivity index (χ1) is 10.1. The number of hydrogen-bond donors (Lipinski definition) is 5. The number of nitrogens with one attached hydrogen (secondary N) is 5. The molecule has 4 unspecified atom stereocenters. The van der Waals surface area contributed by atoms with E-state index in [9.17, 15) is 4.79 Å². The van der Waals surface area contributed by atoms with Gasteiger partial charge >= 0.3 is 0 Å². The van der Waals surface area contributed by atoms with Crippen molar-refractivity contribution in [1.29, 1.82) is 0 Å². The molecule has 0 spiro atoms. The smallest absolute Gasteiger partial charge is 0.239 e. The van der Waals surface area contributed by atoms with Crippen LogP contribution in [0, 0.1) is 0 Å². The molecule has 1 aromatic carbocycles. The molecule has 2 aliphatic heterocycles. The van der Waals surface area contributed by atoms with Crippen molar-refractivity contribution in [2.45, 2.75) is 37.5 Å². The van der Waals surface area contributed by atoms with Gasteiger partial charge in [-0.2, -0.15) is 0 Å². The molecule has 0 aliphatic carbocycles. The second-order valence-corrected chi connectivity index (χ2v) is 6.47. The van der Waals surface area contributed by atoms with E-state index in [0.29, 0.717) is 6.04 Å². The zero-order chi connectivity index (χ0) is 14.8. The Bertz CT molecular complexity index is 526. The first-order valence-corrected chi connectivity index (χ1v) is 7.98. The fraction of sp³-hybridized carbons (Fsp3) is 0.500. The van der Waals surface area contributed by atoms with Crippen molar-refractivity contribution in [2.24, 2.45) is 0 Å². The Morgan fingerprint density at radius 3 is 2.81 bits per heavy atom. The number of halogens is 1. The molecule has 7 heteroatoms. The van der Waals surface area contributed by atoms with Gasteiger partial charge in [0, 0.05) is 23.0 Å². The van der Waals surface area contributed by atoms with Gasteiger partial charge in [0.05, 0.1) is 0 Å². The minimum absolute atomic E-state index is 0.0186. The van der Waals surface area contributed by atoms with Crippen LogP contribution in [0.15, 0.2) is 28.7 Å². The topological polar surface area (TPSA) is 77.2 Å². The highest BCUT2D eigenvalue weighted by atomic mass is 79.9. The summed E-state index contributed by atoms with van der Waals surface area (Å²) in [4.78, 5) is 12.3. The fourth-order valence-corrected chi connectivity index (χ4v) is 3.42. The van der Waals surface area contributed by atoms with E-state index in [-0.39, 0.29) is 24.0 Å². The van der Waals surface area contributed by atoms with Gasteiger partial charge in [-0.05, 0) is 25.0 Å². The maximum absolute atomic E-state index is 12.3. The molecule has 114 valence electrons. The molecule has 21 heavy (non-hydrogen) atoms. The van der Waals surface area contributed by atoms with Gasteiger partial charge in [-0.25, -0.2) is 10.9 Å². The Balaban J connectivity index is 1.67. The summed E-state index contributed by atoms with van der Waals surface area (Å²) in [5.74, 6) is 0.210. The van der Waals surface area contributed by atoms with Crippen LogP contribution < -0.4 is 27.0 Å². The number of benzene rings is 1. The molecule has 6 nitrogen and oxygen atoms in total. The van der Waals surface area contributed by atoms with Gasteiger partial charge in [0.25, 0.3) is 0 Å². The van der Waals surface area contributed by atoms with Crippen LogP contribution in [-0.2, 0) is 4.79 Å². The number of carbonyl (C=O) groups is 1. The molecule has 2 heterocycles. The third kappa shape index (κ3) is 3.27. The van der Waals surface area contributed by atoms with E-state index in [1.165, 1.54) is 5.56 Å². The van der Waals surface area contributed by atoms with E-state index < -0.39 is 0 Å². The van der Waals surface area contributed by atoms with Crippen molar-refractivity contribution in [3.63, 3.8) is 0 Å². The van der Waals surface area contributed by atoms with Crippen LogP contribution >= 0.6 is 15.9 Å². The number of amides is 1. The zero-order valence-electron chi connectivity index (χ0n) is 11.8. The van der Waals surface area contributed by atoms with E-state index in [1.54, 1.807) is 0 Å². The van der Waals surface area contributed by atoms with Crippen molar-refractivity contribution in [3.8, 4) is 0 Å². The van der Waals surface area contributed by atoms with Crippen LogP contribution in [-0.4, -0.2) is 30.7 Å². The molecule has 1 amide bonds. The Morgan fingerprint density at radius 2 is 2.10 bits per heavy atom. The van der Waals surface area contributed by atoms with Crippen molar-refractivity contribution in [3.05, 3.63) is 34.3 Å². The van der Waals surface area contributed by atoms with Crippen molar-refractivity contribution >= 4 is 21.8 Å². The summed E-state index contributed by atoms with van der Waals surface area (Å²) in [5, 5.41) is 3.08. The van der Waals surface area contributed by atoms with Crippen LogP contribution in [0.5, 0.6) is 0 Å². The second kappa shape index (κ2) is 6.41. The Kier molecular flexibility index (Phi) is 4.56. The summed E-state index contributed by atoms with van der Waals surface area (Å²) >= 11 is 3.58. The van der Waals surface area contributed by atoms with Crippen molar-refractivity contribution in [1.82, 2.24) is 27.0 Å². The SMILES string of the molecule is CC1CC(C(=O)NC2NNCC2c2ccccc2Br)NN1. The lowest BCUT2D eigenvalue weighted by atomic mass is 9.97. The Hall–Kier alpha value is -0.990. The number of carbonyl (C=O) groups excluding carboxylic acids is 1. The molecule has 5 N–H and O–H groups in total. The van der Waals surface area contributed by atoms with Crippen molar-refractivity contribution in [2.75, 3.05) is 6.54 Å². The van der Waals surface area contributed by atoms with Gasteiger partial charge in [0.1, 0.15) is 12.2 Å². The molecule has 0 saturated carbocycles. The summed E-state index contributed by atoms with van der Waals surface area (Å²) in [7, 11) is 0. The zero-order valence-corrected chi connectivity index (χ0v) is 13.4. The third-order valence-electron chi connectivity index (χ3n) is 3.99. The summed E-state index contributed by atoms with van der Waals surface area (Å²) in [6.45, 7) is 2.83. The minimum Gasteiger partial charge on any atom is -0.338 e. The van der Waals surface area contributed by atoms with Crippen LogP contribution in [0.25, 0.3) is 0 Å². The predicted octanol–water partition coefficient (Wildman–Crippen LogP) is 0.338. The monoisotopic (exact) mass is 353 g/mol. The van der Waals surface area contributed by atoms with Crippen LogP contribution in [0.2, 0.25) is 0 Å². The van der Waals surface area contributed by atoms with Gasteiger partial charge in [-0.1, -0.05) is 34.1 Å². The molecule has 0 bridgehead atoms. The lowest BCUT2D eigenvalue weighted by Gasteiger charge is -2.22.